The maximum absolute atomic E-state index is 13.4. The lowest BCUT2D eigenvalue weighted by Gasteiger charge is -2.41. The lowest BCUT2D eigenvalue weighted by atomic mass is 9.91. The van der Waals surface area contributed by atoms with Gasteiger partial charge in [0.2, 0.25) is 5.91 Å². The normalized spacial score (nSPS) is 22.0. The van der Waals surface area contributed by atoms with Crippen LogP contribution in [0, 0.1) is 5.92 Å². The Bertz CT molecular complexity index is 1840. The number of carbonyl (C=O) groups excluding carboxylic acids is 3. The number of anilines is 1. The maximum atomic E-state index is 13.4. The molecule has 2 saturated heterocycles. The van der Waals surface area contributed by atoms with Crippen LogP contribution in [0.2, 0.25) is 0 Å². The summed E-state index contributed by atoms with van der Waals surface area (Å²) in [4.78, 5) is 52.2. The average Bonchev–Trinajstić information content (AvgIpc) is 3.42. The molecule has 0 spiro atoms. The molecule has 0 aromatic heterocycles. The Balaban J connectivity index is 1.18. The molecule has 0 aliphatic carbocycles. The standard InChI is InChI=1S/C38H36N2O9S/c1-23-32(22-50-30-16-14-27(15-17-30)36(44)45)48-37(49-34(23)26-12-10-24(20-41)11-13-26)28-8-5-9-29(18-28)40-33(42)19-31(35(40)43)39-38(46)47-21-25-6-3-2-4-7-25/h2-18,23,31-32,34,37,41H,19-22H2,1H3,(H,39,46)(H,44,45)/t23-,31?,32+,34+,37+/m0/s1. The van der Waals surface area contributed by atoms with Crippen LogP contribution in [0.5, 0.6) is 0 Å². The first-order chi connectivity index (χ1) is 24.2. The SMILES string of the molecule is C[C@H]1[C@@H](CSc2ccc(C(=O)O)cc2)O[C@@H](c2cccc(N3C(=O)CC(NC(=O)OCc4ccccc4)C3=O)c2)O[C@H]1c1ccc(CO)cc1. The number of aliphatic hydroxyl groups excluding tert-OH is 1. The van der Waals surface area contributed by atoms with Crippen LogP contribution in [0.25, 0.3) is 0 Å². The van der Waals surface area contributed by atoms with Crippen LogP contribution < -0.4 is 10.2 Å². The fourth-order valence-electron chi connectivity index (χ4n) is 5.92. The van der Waals surface area contributed by atoms with Crippen LogP contribution in [0.3, 0.4) is 0 Å². The molecule has 0 radical (unpaired) electrons. The van der Waals surface area contributed by atoms with Crippen LogP contribution >= 0.6 is 11.8 Å². The average molecular weight is 697 g/mol. The Morgan fingerprint density at radius 3 is 2.34 bits per heavy atom. The minimum Gasteiger partial charge on any atom is -0.478 e. The first-order valence-electron chi connectivity index (χ1n) is 16.1. The Labute approximate surface area is 293 Å². The van der Waals surface area contributed by atoms with E-state index < -0.39 is 42.3 Å². The number of amides is 3. The molecular formula is C38H36N2O9S. The van der Waals surface area contributed by atoms with Crippen molar-refractivity contribution in [3.8, 4) is 0 Å². The van der Waals surface area contributed by atoms with Gasteiger partial charge in [-0.05, 0) is 53.1 Å². The molecule has 3 N–H and O–H groups in total. The van der Waals surface area contributed by atoms with Gasteiger partial charge in [0.25, 0.3) is 5.91 Å². The van der Waals surface area contributed by atoms with Gasteiger partial charge in [0.15, 0.2) is 6.29 Å². The van der Waals surface area contributed by atoms with Gasteiger partial charge in [-0.1, -0.05) is 73.7 Å². The molecule has 11 nitrogen and oxygen atoms in total. The summed E-state index contributed by atoms with van der Waals surface area (Å²) in [6.45, 7) is 1.98. The molecule has 2 heterocycles. The molecule has 4 aromatic rings. The van der Waals surface area contributed by atoms with Gasteiger partial charge in [-0.15, -0.1) is 11.8 Å². The van der Waals surface area contributed by atoms with E-state index in [4.69, 9.17) is 14.2 Å². The van der Waals surface area contributed by atoms with E-state index in [2.05, 4.69) is 5.32 Å². The molecule has 0 bridgehead atoms. The predicted molar refractivity (Wildman–Crippen MR) is 184 cm³/mol. The van der Waals surface area contributed by atoms with Gasteiger partial charge in [-0.3, -0.25) is 9.59 Å². The predicted octanol–water partition coefficient (Wildman–Crippen LogP) is 6.02. The molecule has 12 heteroatoms. The minimum atomic E-state index is -1.07. The topological polar surface area (TPSA) is 152 Å². The van der Waals surface area contributed by atoms with Crippen molar-refractivity contribution >= 4 is 41.3 Å². The van der Waals surface area contributed by atoms with Gasteiger partial charge in [-0.25, -0.2) is 14.5 Å². The smallest absolute Gasteiger partial charge is 0.408 e. The van der Waals surface area contributed by atoms with Crippen molar-refractivity contribution in [2.24, 2.45) is 5.92 Å². The zero-order chi connectivity index (χ0) is 35.2. The molecule has 258 valence electrons. The van der Waals surface area contributed by atoms with Crippen LogP contribution in [-0.4, -0.2) is 52.0 Å². The van der Waals surface area contributed by atoms with Crippen molar-refractivity contribution in [2.45, 2.75) is 56.0 Å². The number of aliphatic hydroxyl groups is 1. The molecule has 3 amide bonds. The summed E-state index contributed by atoms with van der Waals surface area (Å²) in [6.07, 6.45) is -2.57. The first kappa shape index (κ1) is 34.8. The van der Waals surface area contributed by atoms with Crippen LogP contribution in [-0.2, 0) is 37.0 Å². The van der Waals surface area contributed by atoms with Crippen molar-refractivity contribution in [3.63, 3.8) is 0 Å². The summed E-state index contributed by atoms with van der Waals surface area (Å²) >= 11 is 1.53. The van der Waals surface area contributed by atoms with E-state index in [0.29, 0.717) is 17.0 Å². The van der Waals surface area contributed by atoms with Crippen molar-refractivity contribution < 1.29 is 43.6 Å². The number of ether oxygens (including phenoxy) is 3. The summed E-state index contributed by atoms with van der Waals surface area (Å²) in [6, 6.07) is 29.0. The van der Waals surface area contributed by atoms with Crippen LogP contribution in [0.15, 0.2) is 108 Å². The monoisotopic (exact) mass is 696 g/mol. The molecule has 4 aromatic carbocycles. The number of alkyl carbamates (subject to hydrolysis) is 1. The van der Waals surface area contributed by atoms with E-state index in [1.54, 1.807) is 48.5 Å². The number of thioether (sulfide) groups is 1. The Hall–Kier alpha value is -5.01. The third kappa shape index (κ3) is 8.06. The third-order valence-corrected chi connectivity index (χ3v) is 9.79. The Kier molecular flexibility index (Phi) is 10.9. The number of aromatic carboxylic acids is 1. The second kappa shape index (κ2) is 15.7. The number of benzene rings is 4. The minimum absolute atomic E-state index is 0.0242. The zero-order valence-corrected chi connectivity index (χ0v) is 28.0. The Morgan fingerprint density at radius 2 is 1.64 bits per heavy atom. The zero-order valence-electron chi connectivity index (χ0n) is 27.1. The van der Waals surface area contributed by atoms with Crippen LogP contribution in [0.4, 0.5) is 10.5 Å². The van der Waals surface area contributed by atoms with Gasteiger partial charge >= 0.3 is 12.1 Å². The molecule has 2 aliphatic heterocycles. The number of rotatable bonds is 11. The maximum Gasteiger partial charge on any atom is 0.408 e. The second-order valence-electron chi connectivity index (χ2n) is 12.1. The molecule has 1 unspecified atom stereocenters. The van der Waals surface area contributed by atoms with Crippen LogP contribution in [0.1, 0.15) is 58.4 Å². The molecule has 6 rings (SSSR count). The molecule has 5 atom stereocenters. The lowest BCUT2D eigenvalue weighted by Crippen LogP contribution is -2.42. The fraction of sp³-hybridized carbons (Fsp3) is 0.263. The first-order valence-corrected chi connectivity index (χ1v) is 17.1. The van der Waals surface area contributed by atoms with Crippen molar-refractivity contribution in [2.75, 3.05) is 10.7 Å². The summed E-state index contributed by atoms with van der Waals surface area (Å²) in [5.41, 5.74) is 3.57. The molecule has 2 fully saturated rings. The highest BCUT2D eigenvalue weighted by molar-refractivity contribution is 7.99. The number of hydrogen-bond donors (Lipinski definition) is 3. The van der Waals surface area contributed by atoms with Gasteiger partial charge in [0, 0.05) is 22.1 Å². The van der Waals surface area contributed by atoms with Crippen molar-refractivity contribution in [1.82, 2.24) is 5.32 Å². The van der Waals surface area contributed by atoms with E-state index in [1.807, 2.05) is 61.5 Å². The summed E-state index contributed by atoms with van der Waals surface area (Å²) < 4.78 is 18.3. The molecule has 50 heavy (non-hydrogen) atoms. The molecule has 0 saturated carbocycles. The highest BCUT2D eigenvalue weighted by Gasteiger charge is 2.42. The summed E-state index contributed by atoms with van der Waals surface area (Å²) in [5.74, 6) is -1.60. The van der Waals surface area contributed by atoms with Gasteiger partial charge < -0.3 is 29.7 Å². The number of imide groups is 1. The van der Waals surface area contributed by atoms with Gasteiger partial charge in [-0.2, -0.15) is 0 Å². The number of nitrogens with zero attached hydrogens (tertiary/aromatic N) is 1. The van der Waals surface area contributed by atoms with E-state index in [9.17, 15) is 29.4 Å². The van der Waals surface area contributed by atoms with E-state index in [1.165, 1.54) is 11.8 Å². The largest absolute Gasteiger partial charge is 0.478 e. The highest BCUT2D eigenvalue weighted by atomic mass is 32.2. The summed E-state index contributed by atoms with van der Waals surface area (Å²) in [7, 11) is 0. The highest BCUT2D eigenvalue weighted by Crippen LogP contribution is 2.43. The number of hydrogen-bond acceptors (Lipinski definition) is 9. The van der Waals surface area contributed by atoms with E-state index in [-0.39, 0.29) is 37.2 Å². The third-order valence-electron chi connectivity index (χ3n) is 8.69. The fourth-order valence-corrected chi connectivity index (χ4v) is 6.98. The molecule has 2 aliphatic rings. The van der Waals surface area contributed by atoms with Crippen molar-refractivity contribution in [3.05, 3.63) is 131 Å². The lowest BCUT2D eigenvalue weighted by molar-refractivity contribution is -0.268. The number of carboxylic acid groups (broad SMARTS) is 1. The van der Waals surface area contributed by atoms with E-state index in [0.717, 1.165) is 26.5 Å². The molecular weight excluding hydrogens is 660 g/mol. The van der Waals surface area contributed by atoms with Gasteiger partial charge in [0.1, 0.15) is 12.6 Å². The number of carbonyl (C=O) groups is 4. The Morgan fingerprint density at radius 1 is 0.900 bits per heavy atom. The van der Waals surface area contributed by atoms with Crippen molar-refractivity contribution in [1.29, 1.82) is 0 Å². The van der Waals surface area contributed by atoms with E-state index >= 15 is 0 Å². The quantitative estimate of drug-likeness (QED) is 0.125. The number of nitrogens with one attached hydrogen (secondary N) is 1. The second-order valence-corrected chi connectivity index (χ2v) is 13.2. The number of carboxylic acids is 1. The summed E-state index contributed by atoms with van der Waals surface area (Å²) in [5, 5.41) is 21.3. The van der Waals surface area contributed by atoms with Gasteiger partial charge in [0.05, 0.1) is 36.5 Å².